The number of phenolic OH excluding ortho intramolecular Hbond substituents is 1. The lowest BCUT2D eigenvalue weighted by atomic mass is 10.1. The van der Waals surface area contributed by atoms with Gasteiger partial charge in [-0.2, -0.15) is 0 Å². The standard InChI is InChI=1S/C15H15NO/c1-3-4-6-12-10-15(16-11(12)2)13-7-5-8-14(17)9-13/h3-10,16-17H,2H2,1H3/b4-3-,12-6-. The highest BCUT2D eigenvalue weighted by Crippen LogP contribution is 2.19. The van der Waals surface area contributed by atoms with Gasteiger partial charge in [-0.3, -0.25) is 0 Å². The van der Waals surface area contributed by atoms with E-state index in [1.807, 2.05) is 43.4 Å². The molecule has 1 aromatic heterocycles. The molecule has 2 rings (SSSR count). The summed E-state index contributed by atoms with van der Waals surface area (Å²) in [5, 5.41) is 11.4. The number of aromatic nitrogens is 1. The van der Waals surface area contributed by atoms with E-state index in [-0.39, 0.29) is 5.75 Å². The number of aromatic hydroxyl groups is 1. The van der Waals surface area contributed by atoms with E-state index in [9.17, 15) is 5.11 Å². The third-order valence-electron chi connectivity index (χ3n) is 2.56. The number of allylic oxidation sites excluding steroid dienone is 2. The summed E-state index contributed by atoms with van der Waals surface area (Å²) in [6, 6.07) is 9.18. The molecular formula is C15H15NO. The van der Waals surface area contributed by atoms with Crippen molar-refractivity contribution in [1.29, 1.82) is 0 Å². The number of hydrogen-bond donors (Lipinski definition) is 2. The van der Waals surface area contributed by atoms with E-state index in [2.05, 4.69) is 11.6 Å². The summed E-state index contributed by atoms with van der Waals surface area (Å²) in [5.74, 6) is 0.265. The molecule has 0 atom stereocenters. The molecule has 0 bridgehead atoms. The van der Waals surface area contributed by atoms with Gasteiger partial charge in [-0.1, -0.05) is 36.9 Å². The van der Waals surface area contributed by atoms with Gasteiger partial charge in [0.1, 0.15) is 5.75 Å². The lowest BCUT2D eigenvalue weighted by Gasteiger charge is -1.97. The number of H-pyrrole nitrogens is 1. The van der Waals surface area contributed by atoms with Crippen LogP contribution in [0.2, 0.25) is 0 Å². The predicted molar refractivity (Wildman–Crippen MR) is 71.9 cm³/mol. The Morgan fingerprint density at radius 1 is 1.29 bits per heavy atom. The molecule has 2 nitrogen and oxygen atoms in total. The van der Waals surface area contributed by atoms with Crippen LogP contribution < -0.4 is 10.6 Å². The Balaban J connectivity index is 2.52. The second-order valence-electron chi connectivity index (χ2n) is 3.86. The van der Waals surface area contributed by atoms with E-state index in [1.165, 1.54) is 0 Å². The van der Waals surface area contributed by atoms with Gasteiger partial charge in [0, 0.05) is 16.6 Å². The summed E-state index contributed by atoms with van der Waals surface area (Å²) in [6.07, 6.45) is 5.95. The van der Waals surface area contributed by atoms with Crippen molar-refractivity contribution in [3.63, 3.8) is 0 Å². The van der Waals surface area contributed by atoms with Crippen LogP contribution in [0.1, 0.15) is 6.92 Å². The van der Waals surface area contributed by atoms with Crippen LogP contribution >= 0.6 is 0 Å². The Labute approximate surface area is 100 Å². The van der Waals surface area contributed by atoms with E-state index in [4.69, 9.17) is 0 Å². The van der Waals surface area contributed by atoms with Crippen molar-refractivity contribution in [2.75, 3.05) is 0 Å². The van der Waals surface area contributed by atoms with E-state index in [1.54, 1.807) is 12.1 Å². The van der Waals surface area contributed by atoms with Crippen molar-refractivity contribution in [2.24, 2.45) is 0 Å². The fourth-order valence-corrected chi connectivity index (χ4v) is 1.69. The molecule has 0 radical (unpaired) electrons. The Hall–Kier alpha value is -2.22. The normalized spacial score (nSPS) is 12.4. The first kappa shape index (κ1) is 11.3. The van der Waals surface area contributed by atoms with Crippen LogP contribution in [0.3, 0.4) is 0 Å². The minimum Gasteiger partial charge on any atom is -0.508 e. The molecule has 2 heteroatoms. The zero-order chi connectivity index (χ0) is 12.3. The summed E-state index contributed by atoms with van der Waals surface area (Å²) in [5.41, 5.74) is 1.91. The second-order valence-corrected chi connectivity index (χ2v) is 3.86. The molecule has 86 valence electrons. The molecule has 0 saturated heterocycles. The lowest BCUT2D eigenvalue weighted by molar-refractivity contribution is 0.475. The first-order chi connectivity index (χ1) is 8.20. The molecule has 2 aromatic rings. The van der Waals surface area contributed by atoms with Crippen LogP contribution in [-0.4, -0.2) is 10.1 Å². The molecule has 0 aliphatic carbocycles. The third-order valence-corrected chi connectivity index (χ3v) is 2.56. The Bertz CT molecular complexity index is 650. The Morgan fingerprint density at radius 3 is 2.82 bits per heavy atom. The molecule has 0 spiro atoms. The predicted octanol–water partition coefficient (Wildman–Crippen LogP) is 2.15. The van der Waals surface area contributed by atoms with Crippen molar-refractivity contribution in [3.8, 4) is 17.0 Å². The van der Waals surface area contributed by atoms with Gasteiger partial charge in [-0.25, -0.2) is 0 Å². The molecule has 1 aromatic carbocycles. The molecule has 0 unspecified atom stereocenters. The second kappa shape index (κ2) is 4.74. The highest BCUT2D eigenvalue weighted by Gasteiger charge is 2.00. The van der Waals surface area contributed by atoms with Crippen molar-refractivity contribution in [1.82, 2.24) is 4.98 Å². The number of hydrogen-bond acceptors (Lipinski definition) is 1. The third kappa shape index (κ3) is 2.48. The van der Waals surface area contributed by atoms with Crippen molar-refractivity contribution in [2.45, 2.75) is 6.92 Å². The van der Waals surface area contributed by atoms with Gasteiger partial charge in [0.15, 0.2) is 0 Å². The number of rotatable bonds is 2. The largest absolute Gasteiger partial charge is 0.508 e. The van der Waals surface area contributed by atoms with Gasteiger partial charge in [-0.05, 0) is 30.3 Å². The lowest BCUT2D eigenvalue weighted by Crippen LogP contribution is -2.19. The summed E-state index contributed by atoms with van der Waals surface area (Å²) in [7, 11) is 0. The number of nitrogens with one attached hydrogen (secondary N) is 1. The van der Waals surface area contributed by atoms with Gasteiger partial charge in [0.25, 0.3) is 0 Å². The highest BCUT2D eigenvalue weighted by atomic mass is 16.3. The van der Waals surface area contributed by atoms with Crippen molar-refractivity contribution in [3.05, 3.63) is 53.1 Å². The van der Waals surface area contributed by atoms with Crippen LogP contribution in [0.15, 0.2) is 42.5 Å². The molecule has 2 N–H and O–H groups in total. The SMILES string of the molecule is C=c1[nH]c(-c2cccc(O)c2)c/c1=C/C=C\C. The zero-order valence-electron chi connectivity index (χ0n) is 9.77. The van der Waals surface area contributed by atoms with Crippen molar-refractivity contribution < 1.29 is 5.11 Å². The minimum absolute atomic E-state index is 0.265. The minimum atomic E-state index is 0.265. The smallest absolute Gasteiger partial charge is 0.116 e. The maximum absolute atomic E-state index is 9.44. The molecule has 0 amide bonds. The van der Waals surface area contributed by atoms with Gasteiger partial charge in [0.2, 0.25) is 0 Å². The van der Waals surface area contributed by atoms with Gasteiger partial charge in [0.05, 0.1) is 0 Å². The summed E-state index contributed by atoms with van der Waals surface area (Å²) >= 11 is 0. The molecule has 0 aliphatic heterocycles. The Kier molecular flexibility index (Phi) is 3.15. The van der Waals surface area contributed by atoms with Gasteiger partial charge < -0.3 is 10.1 Å². The maximum atomic E-state index is 9.44. The molecule has 0 fully saturated rings. The summed E-state index contributed by atoms with van der Waals surface area (Å²) < 4.78 is 0. The van der Waals surface area contributed by atoms with Crippen LogP contribution in [0.25, 0.3) is 23.9 Å². The van der Waals surface area contributed by atoms with E-state index in [0.29, 0.717) is 0 Å². The molecule has 17 heavy (non-hydrogen) atoms. The van der Waals surface area contributed by atoms with Crippen LogP contribution in [0.5, 0.6) is 5.75 Å². The fraction of sp³-hybridized carbons (Fsp3) is 0.0667. The molecular weight excluding hydrogens is 210 g/mol. The van der Waals surface area contributed by atoms with Gasteiger partial charge in [-0.15, -0.1) is 0 Å². The van der Waals surface area contributed by atoms with Crippen LogP contribution in [-0.2, 0) is 0 Å². The van der Waals surface area contributed by atoms with E-state index in [0.717, 1.165) is 21.8 Å². The number of phenols is 1. The quantitative estimate of drug-likeness (QED) is 0.807. The first-order valence-corrected chi connectivity index (χ1v) is 5.51. The summed E-state index contributed by atoms with van der Waals surface area (Å²) in [6.45, 7) is 5.93. The summed E-state index contributed by atoms with van der Waals surface area (Å²) in [4.78, 5) is 3.21. The molecule has 1 heterocycles. The molecule has 0 aliphatic rings. The van der Waals surface area contributed by atoms with Crippen molar-refractivity contribution >= 4 is 12.7 Å². The monoisotopic (exact) mass is 225 g/mol. The topological polar surface area (TPSA) is 36.0 Å². The Morgan fingerprint density at radius 2 is 2.12 bits per heavy atom. The first-order valence-electron chi connectivity index (χ1n) is 5.51. The maximum Gasteiger partial charge on any atom is 0.116 e. The zero-order valence-corrected chi connectivity index (χ0v) is 9.77. The number of aromatic amines is 1. The van der Waals surface area contributed by atoms with E-state index < -0.39 is 0 Å². The molecule has 0 saturated carbocycles. The highest BCUT2D eigenvalue weighted by molar-refractivity contribution is 5.62. The fourth-order valence-electron chi connectivity index (χ4n) is 1.69. The number of benzene rings is 1. The van der Waals surface area contributed by atoms with Gasteiger partial charge >= 0.3 is 0 Å². The van der Waals surface area contributed by atoms with Crippen LogP contribution in [0.4, 0.5) is 0 Å². The van der Waals surface area contributed by atoms with Crippen LogP contribution in [0, 0.1) is 0 Å². The van der Waals surface area contributed by atoms with E-state index >= 15 is 0 Å². The average Bonchev–Trinajstić information content (AvgIpc) is 2.68. The average molecular weight is 225 g/mol.